The third-order valence-corrected chi connectivity index (χ3v) is 11.4. The van der Waals surface area contributed by atoms with Crippen molar-refractivity contribution in [2.45, 2.75) is 58.3 Å². The first-order valence-electron chi connectivity index (χ1n) is 17.4. The van der Waals surface area contributed by atoms with Gasteiger partial charge in [-0.05, 0) is 128 Å². The van der Waals surface area contributed by atoms with Crippen molar-refractivity contribution in [3.63, 3.8) is 0 Å². The van der Waals surface area contributed by atoms with Gasteiger partial charge < -0.3 is 4.90 Å². The minimum Gasteiger partial charge on any atom is -0.310 e. The van der Waals surface area contributed by atoms with Crippen molar-refractivity contribution in [2.24, 2.45) is 0 Å². The number of aryl methyl sites for hydroxylation is 1. The van der Waals surface area contributed by atoms with Crippen molar-refractivity contribution in [3.8, 4) is 33.4 Å². The molecule has 0 aromatic heterocycles. The third-order valence-electron chi connectivity index (χ3n) is 11.4. The van der Waals surface area contributed by atoms with E-state index in [0.717, 1.165) is 12.8 Å². The van der Waals surface area contributed by atoms with Crippen LogP contribution in [0.5, 0.6) is 0 Å². The number of anilines is 3. The van der Waals surface area contributed by atoms with Crippen LogP contribution in [-0.4, -0.2) is 0 Å². The Bertz CT molecular complexity index is 2400. The lowest BCUT2D eigenvalue weighted by Crippen LogP contribution is -2.28. The Morgan fingerprint density at radius 3 is 1.71 bits per heavy atom. The Morgan fingerprint density at radius 2 is 1.00 bits per heavy atom. The van der Waals surface area contributed by atoms with Gasteiger partial charge in [0.25, 0.3) is 0 Å². The summed E-state index contributed by atoms with van der Waals surface area (Å²) < 4.78 is 0. The van der Waals surface area contributed by atoms with E-state index in [1.165, 1.54) is 88.7 Å². The van der Waals surface area contributed by atoms with Gasteiger partial charge in [-0.3, -0.25) is 0 Å². The van der Waals surface area contributed by atoms with E-state index >= 15 is 0 Å². The molecule has 0 amide bonds. The van der Waals surface area contributed by atoms with Gasteiger partial charge in [-0.2, -0.15) is 0 Å². The fourth-order valence-electron chi connectivity index (χ4n) is 8.71. The molecule has 0 heterocycles. The normalized spacial score (nSPS) is 15.7. The van der Waals surface area contributed by atoms with E-state index in [-0.39, 0.29) is 10.8 Å². The molecule has 6 aromatic rings. The van der Waals surface area contributed by atoms with E-state index in [1.54, 1.807) is 0 Å². The van der Waals surface area contributed by atoms with Crippen LogP contribution < -0.4 is 15.3 Å². The number of benzene rings is 6. The van der Waals surface area contributed by atoms with Gasteiger partial charge in [0.2, 0.25) is 0 Å². The molecule has 0 radical (unpaired) electrons. The predicted octanol–water partition coefficient (Wildman–Crippen LogP) is 11.1. The van der Waals surface area contributed by atoms with Crippen molar-refractivity contribution in [3.05, 3.63) is 160 Å². The smallest absolute Gasteiger partial charge is 0.0465 e. The average Bonchev–Trinajstić information content (AvgIpc) is 3.48. The minimum atomic E-state index is -0.137. The minimum absolute atomic E-state index is 0.0616. The molecule has 0 N–H and O–H groups in total. The zero-order valence-corrected chi connectivity index (χ0v) is 28.6. The van der Waals surface area contributed by atoms with Crippen LogP contribution in [0, 0.1) is 6.92 Å². The monoisotopic (exact) mass is 619 g/mol. The van der Waals surface area contributed by atoms with Gasteiger partial charge >= 0.3 is 0 Å². The van der Waals surface area contributed by atoms with Gasteiger partial charge in [0.15, 0.2) is 0 Å². The molecule has 9 rings (SSSR count). The molecule has 0 spiro atoms. The lowest BCUT2D eigenvalue weighted by molar-refractivity contribution is 0.660. The number of rotatable bonds is 4. The molecule has 0 saturated heterocycles. The lowest BCUT2D eigenvalue weighted by Gasteiger charge is -2.30. The molecule has 0 saturated carbocycles. The van der Waals surface area contributed by atoms with Gasteiger partial charge in [-0.25, -0.2) is 0 Å². The van der Waals surface area contributed by atoms with E-state index in [9.17, 15) is 0 Å². The summed E-state index contributed by atoms with van der Waals surface area (Å²) in [5.41, 5.74) is 18.2. The van der Waals surface area contributed by atoms with Gasteiger partial charge in [0.05, 0.1) is 0 Å². The molecule has 0 bridgehead atoms. The summed E-state index contributed by atoms with van der Waals surface area (Å²) in [6.45, 7) is 11.7. The Hall–Kier alpha value is -5.14. The maximum absolute atomic E-state index is 2.46. The zero-order chi connectivity index (χ0) is 32.8. The molecule has 6 aromatic carbocycles. The van der Waals surface area contributed by atoms with Gasteiger partial charge in [0.1, 0.15) is 0 Å². The van der Waals surface area contributed by atoms with Crippen LogP contribution in [0.1, 0.15) is 68.4 Å². The summed E-state index contributed by atoms with van der Waals surface area (Å²) in [4.78, 5) is 2.45. The van der Waals surface area contributed by atoms with E-state index in [1.807, 2.05) is 0 Å². The topological polar surface area (TPSA) is 3.24 Å². The number of hydrogen-bond donors (Lipinski definition) is 0. The summed E-state index contributed by atoms with van der Waals surface area (Å²) in [5.74, 6) is 0. The summed E-state index contributed by atoms with van der Waals surface area (Å²) in [7, 11) is 0. The van der Waals surface area contributed by atoms with Crippen LogP contribution >= 0.6 is 0 Å². The molecule has 0 aliphatic heterocycles. The van der Waals surface area contributed by atoms with E-state index in [2.05, 4.69) is 173 Å². The fraction of sp³-hybridized carbons (Fsp3) is 0.191. The maximum Gasteiger partial charge on any atom is 0.0465 e. The number of nitrogens with zero attached hydrogens (tertiary/aromatic N) is 1. The highest BCUT2D eigenvalue weighted by Crippen LogP contribution is 2.53. The highest BCUT2D eigenvalue weighted by atomic mass is 15.1. The summed E-state index contributed by atoms with van der Waals surface area (Å²) >= 11 is 0. The summed E-state index contributed by atoms with van der Waals surface area (Å²) in [6, 6.07) is 46.0. The average molecular weight is 620 g/mol. The Morgan fingerprint density at radius 1 is 0.458 bits per heavy atom. The van der Waals surface area contributed by atoms with Crippen LogP contribution in [0.2, 0.25) is 0 Å². The first-order chi connectivity index (χ1) is 23.2. The molecule has 0 fully saturated rings. The van der Waals surface area contributed by atoms with E-state index in [4.69, 9.17) is 0 Å². The quantitative estimate of drug-likeness (QED) is 0.190. The Labute approximate surface area is 284 Å². The van der Waals surface area contributed by atoms with E-state index < -0.39 is 0 Å². The second-order valence-corrected chi connectivity index (χ2v) is 15.0. The van der Waals surface area contributed by atoms with Crippen molar-refractivity contribution in [1.82, 2.24) is 0 Å². The second-order valence-electron chi connectivity index (χ2n) is 15.0. The molecule has 0 unspecified atom stereocenters. The summed E-state index contributed by atoms with van der Waals surface area (Å²) in [6.07, 6.45) is 7.04. The van der Waals surface area contributed by atoms with Crippen molar-refractivity contribution in [1.29, 1.82) is 0 Å². The van der Waals surface area contributed by atoms with E-state index in [0.29, 0.717) is 0 Å². The highest BCUT2D eigenvalue weighted by Gasteiger charge is 2.38. The standard InChI is InChI=1S/C47H41N/c1-30-17-20-33(21-18-30)48(34-22-25-40-38-14-8-9-16-42(38)46(2,3)44(40)28-34)35-23-26-41-39-24-19-32(27-43(39)47(4,5)45(41)29-35)37-15-10-12-31-11-6-7-13-36(31)37/h8-29H,6-7H2,1-5H3. The van der Waals surface area contributed by atoms with Crippen molar-refractivity contribution >= 4 is 29.2 Å². The lowest BCUT2D eigenvalue weighted by atomic mass is 9.81. The predicted molar refractivity (Wildman–Crippen MR) is 204 cm³/mol. The van der Waals surface area contributed by atoms with Crippen LogP contribution in [-0.2, 0) is 10.8 Å². The van der Waals surface area contributed by atoms with Crippen LogP contribution in [0.15, 0.2) is 121 Å². The molecule has 1 heteroatoms. The highest BCUT2D eigenvalue weighted by molar-refractivity contribution is 5.89. The fourth-order valence-corrected chi connectivity index (χ4v) is 8.71. The molecule has 234 valence electrons. The van der Waals surface area contributed by atoms with Gasteiger partial charge in [-0.1, -0.05) is 124 Å². The first-order valence-corrected chi connectivity index (χ1v) is 17.4. The van der Waals surface area contributed by atoms with Gasteiger partial charge in [0, 0.05) is 27.9 Å². The molecule has 3 aliphatic carbocycles. The van der Waals surface area contributed by atoms with Crippen LogP contribution in [0.4, 0.5) is 17.1 Å². The largest absolute Gasteiger partial charge is 0.310 e. The van der Waals surface area contributed by atoms with Crippen molar-refractivity contribution < 1.29 is 0 Å². The molecular formula is C47H41N. The third kappa shape index (κ3) is 4.23. The molecule has 0 atom stereocenters. The first kappa shape index (κ1) is 29.0. The molecule has 48 heavy (non-hydrogen) atoms. The van der Waals surface area contributed by atoms with Crippen LogP contribution in [0.25, 0.3) is 45.5 Å². The number of fused-ring (bicyclic) bond motifs is 7. The maximum atomic E-state index is 2.46. The number of hydrogen-bond acceptors (Lipinski definition) is 1. The van der Waals surface area contributed by atoms with Crippen molar-refractivity contribution in [2.75, 3.05) is 4.90 Å². The van der Waals surface area contributed by atoms with Crippen LogP contribution in [0.3, 0.4) is 0 Å². The second kappa shape index (κ2) is 10.4. The molecular weight excluding hydrogens is 579 g/mol. The summed E-state index contributed by atoms with van der Waals surface area (Å²) in [5, 5.41) is 2.75. The Balaban J connectivity index is 1.17. The zero-order valence-electron chi connectivity index (χ0n) is 28.6. The Kier molecular flexibility index (Phi) is 6.31. The SMILES string of the molecule is Cc1ccc(N(c2ccc3c(c2)C(C)(C)c2ccccc2-3)c2ccc3c(c2)C(C)(C)c2cc(-c4cccc5c4=CCCC=5)ccc2-3)cc1. The molecule has 3 aliphatic rings. The molecule has 1 nitrogen and oxygen atoms in total. The van der Waals surface area contributed by atoms with Gasteiger partial charge in [-0.15, -0.1) is 0 Å².